The first-order valence-electron chi connectivity index (χ1n) is 5.76. The fraction of sp³-hybridized carbons (Fsp3) is 0.250. The van der Waals surface area contributed by atoms with E-state index in [9.17, 15) is 27.6 Å². The number of fused-ring (bicyclic) bond motifs is 1. The second-order valence-electron chi connectivity index (χ2n) is 4.28. The molecule has 0 atom stereocenters. The number of halogens is 3. The summed E-state index contributed by atoms with van der Waals surface area (Å²) in [5, 5.41) is 9.00. The molecule has 0 aliphatic rings. The number of alkyl halides is 3. The Morgan fingerprint density at radius 2 is 1.95 bits per heavy atom. The zero-order valence-corrected chi connectivity index (χ0v) is 10.4. The van der Waals surface area contributed by atoms with Crippen LogP contribution in [-0.4, -0.2) is 26.8 Å². The van der Waals surface area contributed by atoms with Gasteiger partial charge in [0, 0.05) is 6.54 Å². The van der Waals surface area contributed by atoms with Crippen LogP contribution in [0.3, 0.4) is 0 Å². The molecule has 9 heteroatoms. The van der Waals surface area contributed by atoms with E-state index in [4.69, 9.17) is 5.11 Å². The number of nitrogens with zero attached hydrogens (tertiary/aromatic N) is 1. The average molecular weight is 302 g/mol. The van der Waals surface area contributed by atoms with Gasteiger partial charge < -0.3 is 14.7 Å². The summed E-state index contributed by atoms with van der Waals surface area (Å²) < 4.78 is 37.5. The monoisotopic (exact) mass is 302 g/mol. The van der Waals surface area contributed by atoms with Gasteiger partial charge in [-0.05, 0) is 12.1 Å². The van der Waals surface area contributed by atoms with Crippen LogP contribution < -0.4 is 11.1 Å². The normalized spacial score (nSPS) is 11.8. The van der Waals surface area contributed by atoms with Gasteiger partial charge in [-0.1, -0.05) is 6.07 Å². The van der Waals surface area contributed by atoms with E-state index in [1.54, 1.807) is 0 Å². The number of benzene rings is 1. The van der Waals surface area contributed by atoms with Crippen molar-refractivity contribution in [2.24, 2.45) is 0 Å². The number of carboxylic acid groups (broad SMARTS) is 1. The maximum atomic E-state index is 12.3. The summed E-state index contributed by atoms with van der Waals surface area (Å²) >= 11 is 0. The first-order chi connectivity index (χ1) is 9.70. The zero-order chi connectivity index (χ0) is 15.8. The predicted molar refractivity (Wildman–Crippen MR) is 66.5 cm³/mol. The lowest BCUT2D eigenvalue weighted by atomic mass is 10.1. The van der Waals surface area contributed by atoms with Gasteiger partial charge in [-0.3, -0.25) is 9.59 Å². The highest BCUT2D eigenvalue weighted by Crippen LogP contribution is 2.21. The number of H-pyrrole nitrogens is 1. The Morgan fingerprint density at radius 1 is 1.29 bits per heavy atom. The van der Waals surface area contributed by atoms with E-state index < -0.39 is 36.2 Å². The third-order valence-corrected chi connectivity index (χ3v) is 2.86. The Balaban J connectivity index is 2.72. The molecule has 0 aliphatic carbocycles. The number of aromatic nitrogens is 2. The highest BCUT2D eigenvalue weighted by Gasteiger charge is 2.27. The fourth-order valence-corrected chi connectivity index (χ4v) is 1.93. The summed E-state index contributed by atoms with van der Waals surface area (Å²) in [6, 6.07) is 3.74. The van der Waals surface area contributed by atoms with Crippen molar-refractivity contribution in [1.82, 2.24) is 9.55 Å². The molecule has 0 saturated heterocycles. The van der Waals surface area contributed by atoms with Crippen LogP contribution >= 0.6 is 0 Å². The summed E-state index contributed by atoms with van der Waals surface area (Å²) in [5.41, 5.74) is -2.88. The molecule has 1 aromatic heterocycles. The van der Waals surface area contributed by atoms with Gasteiger partial charge in [-0.2, -0.15) is 13.2 Å². The minimum absolute atomic E-state index is 0.0660. The van der Waals surface area contributed by atoms with Crippen molar-refractivity contribution in [3.63, 3.8) is 0 Å². The van der Waals surface area contributed by atoms with Crippen molar-refractivity contribution in [2.45, 2.75) is 19.1 Å². The third-order valence-electron chi connectivity index (χ3n) is 2.86. The second-order valence-corrected chi connectivity index (χ2v) is 4.28. The van der Waals surface area contributed by atoms with E-state index in [1.807, 2.05) is 0 Å². The zero-order valence-electron chi connectivity index (χ0n) is 10.4. The molecule has 2 aromatic rings. The molecular formula is C12H9F3N2O4. The summed E-state index contributed by atoms with van der Waals surface area (Å²) in [6.07, 6.45) is -5.80. The molecule has 1 aromatic carbocycles. The van der Waals surface area contributed by atoms with Gasteiger partial charge in [-0.25, -0.2) is 4.79 Å². The Morgan fingerprint density at radius 3 is 2.52 bits per heavy atom. The summed E-state index contributed by atoms with van der Waals surface area (Å²) in [6.45, 7) is -0.758. The van der Waals surface area contributed by atoms with Gasteiger partial charge in [0.15, 0.2) is 0 Å². The Hall–Kier alpha value is -2.58. The first kappa shape index (κ1) is 14.8. The van der Waals surface area contributed by atoms with E-state index in [0.717, 1.165) is 0 Å². The summed E-state index contributed by atoms with van der Waals surface area (Å²) in [4.78, 5) is 36.3. The Kier molecular flexibility index (Phi) is 3.58. The van der Waals surface area contributed by atoms with E-state index >= 15 is 0 Å². The topological polar surface area (TPSA) is 92.2 Å². The van der Waals surface area contributed by atoms with E-state index in [1.165, 1.54) is 18.2 Å². The van der Waals surface area contributed by atoms with Crippen molar-refractivity contribution in [3.05, 3.63) is 44.5 Å². The van der Waals surface area contributed by atoms with Gasteiger partial charge in [0.05, 0.1) is 23.0 Å². The first-order valence-corrected chi connectivity index (χ1v) is 5.76. The van der Waals surface area contributed by atoms with Crippen molar-refractivity contribution in [1.29, 1.82) is 0 Å². The largest absolute Gasteiger partial charge is 0.478 e. The van der Waals surface area contributed by atoms with Crippen LogP contribution in [0.1, 0.15) is 16.8 Å². The number of para-hydroxylation sites is 1. The maximum absolute atomic E-state index is 12.3. The Labute approximate surface area is 114 Å². The van der Waals surface area contributed by atoms with Crippen LogP contribution in [0.25, 0.3) is 11.0 Å². The SMILES string of the molecule is O=C(O)c1cccc2c1[nH]c(=O)c(=O)n2CCC(F)(F)F. The number of carbonyl (C=O) groups is 1. The standard InChI is InChI=1S/C12H9F3N2O4/c13-12(14,15)4-5-17-7-3-1-2-6(11(20)21)8(7)16-9(18)10(17)19/h1-3H,4-5H2,(H,16,18)(H,20,21). The van der Waals surface area contributed by atoms with Crippen LogP contribution in [0, 0.1) is 0 Å². The summed E-state index contributed by atoms with van der Waals surface area (Å²) in [5.74, 6) is -1.36. The molecule has 0 saturated carbocycles. The van der Waals surface area contributed by atoms with Gasteiger partial charge in [-0.15, -0.1) is 0 Å². The lowest BCUT2D eigenvalue weighted by molar-refractivity contribution is -0.136. The van der Waals surface area contributed by atoms with Crippen molar-refractivity contribution in [3.8, 4) is 0 Å². The lowest BCUT2D eigenvalue weighted by Crippen LogP contribution is -2.37. The highest BCUT2D eigenvalue weighted by atomic mass is 19.4. The molecule has 21 heavy (non-hydrogen) atoms. The van der Waals surface area contributed by atoms with Crippen LogP contribution in [0.4, 0.5) is 13.2 Å². The highest BCUT2D eigenvalue weighted by molar-refractivity contribution is 6.00. The van der Waals surface area contributed by atoms with E-state index in [2.05, 4.69) is 4.98 Å². The molecule has 0 unspecified atom stereocenters. The average Bonchev–Trinajstić information content (AvgIpc) is 2.37. The molecule has 0 aliphatic heterocycles. The van der Waals surface area contributed by atoms with Gasteiger partial charge >= 0.3 is 23.3 Å². The predicted octanol–water partition coefficient (Wildman–Crippen LogP) is 1.34. The molecule has 6 nitrogen and oxygen atoms in total. The van der Waals surface area contributed by atoms with Crippen LogP contribution in [0.5, 0.6) is 0 Å². The van der Waals surface area contributed by atoms with Crippen molar-refractivity contribution >= 4 is 17.0 Å². The van der Waals surface area contributed by atoms with Gasteiger partial charge in [0.25, 0.3) is 0 Å². The molecular weight excluding hydrogens is 293 g/mol. The number of hydrogen-bond donors (Lipinski definition) is 2. The lowest BCUT2D eigenvalue weighted by Gasteiger charge is -2.12. The second kappa shape index (κ2) is 5.08. The maximum Gasteiger partial charge on any atom is 0.390 e. The van der Waals surface area contributed by atoms with Crippen molar-refractivity contribution < 1.29 is 23.1 Å². The molecule has 112 valence electrons. The third kappa shape index (κ3) is 2.96. The number of hydrogen-bond acceptors (Lipinski definition) is 3. The summed E-state index contributed by atoms with van der Waals surface area (Å²) in [7, 11) is 0. The number of rotatable bonds is 3. The van der Waals surface area contributed by atoms with Crippen molar-refractivity contribution in [2.75, 3.05) is 0 Å². The number of aromatic carboxylic acids is 1. The van der Waals surface area contributed by atoms with Gasteiger partial charge in [0.1, 0.15) is 0 Å². The smallest absolute Gasteiger partial charge is 0.390 e. The number of carboxylic acids is 1. The van der Waals surface area contributed by atoms with Crippen LogP contribution in [0.2, 0.25) is 0 Å². The molecule has 2 N–H and O–H groups in total. The Bertz CT molecular complexity index is 820. The fourth-order valence-electron chi connectivity index (χ4n) is 1.93. The molecule has 0 amide bonds. The van der Waals surface area contributed by atoms with Gasteiger partial charge in [0.2, 0.25) is 0 Å². The number of nitrogens with one attached hydrogen (secondary N) is 1. The molecule has 2 rings (SSSR count). The number of aromatic amines is 1. The van der Waals surface area contributed by atoms with Crippen LogP contribution in [-0.2, 0) is 6.54 Å². The molecule has 0 bridgehead atoms. The van der Waals surface area contributed by atoms with Crippen LogP contribution in [0.15, 0.2) is 27.8 Å². The van der Waals surface area contributed by atoms with E-state index in [-0.39, 0.29) is 16.6 Å². The van der Waals surface area contributed by atoms with E-state index in [0.29, 0.717) is 4.57 Å². The molecule has 1 heterocycles. The molecule has 0 radical (unpaired) electrons. The quantitative estimate of drug-likeness (QED) is 0.837. The molecule has 0 fully saturated rings. The molecule has 0 spiro atoms. The number of aryl methyl sites for hydroxylation is 1. The minimum atomic E-state index is -4.50. The minimum Gasteiger partial charge on any atom is -0.478 e.